The summed E-state index contributed by atoms with van der Waals surface area (Å²) in [6, 6.07) is 11.1. The van der Waals surface area contributed by atoms with Crippen molar-refractivity contribution in [3.05, 3.63) is 89.6 Å². The van der Waals surface area contributed by atoms with Crippen LogP contribution in [0.4, 0.5) is 0 Å². The molecule has 37 heavy (non-hydrogen) atoms. The van der Waals surface area contributed by atoms with Gasteiger partial charge in [0.05, 0.1) is 35.6 Å². The third kappa shape index (κ3) is 5.45. The normalized spacial score (nSPS) is 15.1. The lowest BCUT2D eigenvalue weighted by molar-refractivity contribution is -0.140. The summed E-state index contributed by atoms with van der Waals surface area (Å²) < 4.78 is 17.7. The van der Waals surface area contributed by atoms with Crippen molar-refractivity contribution in [3.63, 3.8) is 0 Å². The van der Waals surface area contributed by atoms with Crippen molar-refractivity contribution in [1.82, 2.24) is 4.57 Å². The van der Waals surface area contributed by atoms with E-state index in [0.29, 0.717) is 36.9 Å². The summed E-state index contributed by atoms with van der Waals surface area (Å²) in [6.45, 7) is 3.10. The molecule has 1 aliphatic heterocycles. The molecule has 1 N–H and O–H groups in total. The molecule has 0 aliphatic carbocycles. The first-order chi connectivity index (χ1) is 17.7. The first kappa shape index (κ1) is 26.2. The average Bonchev–Trinajstić information content (AvgIpc) is 3.17. The molecule has 0 saturated heterocycles. The van der Waals surface area contributed by atoms with E-state index in [0.717, 1.165) is 0 Å². The van der Waals surface area contributed by atoms with Crippen molar-refractivity contribution >= 4 is 41.0 Å². The molecule has 0 bridgehead atoms. The second-order valence-electron chi connectivity index (χ2n) is 7.95. The van der Waals surface area contributed by atoms with Crippen LogP contribution in [0, 0.1) is 0 Å². The summed E-state index contributed by atoms with van der Waals surface area (Å²) >= 11 is 7.27. The van der Waals surface area contributed by atoms with E-state index in [2.05, 4.69) is 4.99 Å². The number of aliphatic carboxylic acids is 1. The van der Waals surface area contributed by atoms with Gasteiger partial charge in [-0.25, -0.2) is 14.6 Å². The van der Waals surface area contributed by atoms with E-state index < -0.39 is 24.6 Å². The number of carboxylic acid groups (broad SMARTS) is 1. The summed E-state index contributed by atoms with van der Waals surface area (Å²) in [7, 11) is 1.44. The third-order valence-corrected chi connectivity index (χ3v) is 6.77. The number of carbonyl (C=O) groups is 2. The molecule has 0 radical (unpaired) electrons. The number of hydrogen-bond acceptors (Lipinski definition) is 8. The Bertz CT molecular complexity index is 1570. The van der Waals surface area contributed by atoms with Crippen molar-refractivity contribution in [3.8, 4) is 11.5 Å². The minimum Gasteiger partial charge on any atom is -0.493 e. The molecule has 1 atom stereocenters. The molecule has 0 unspecified atom stereocenters. The van der Waals surface area contributed by atoms with Crippen LogP contribution in [0.15, 0.2) is 63.5 Å². The molecule has 2 aromatic carbocycles. The van der Waals surface area contributed by atoms with E-state index in [1.165, 1.54) is 23.0 Å². The molecule has 1 aliphatic rings. The van der Waals surface area contributed by atoms with Gasteiger partial charge >= 0.3 is 11.9 Å². The first-order valence-electron chi connectivity index (χ1n) is 11.2. The number of hydrogen-bond donors (Lipinski definition) is 1. The molecule has 11 heteroatoms. The molecule has 0 amide bonds. The Balaban J connectivity index is 1.85. The van der Waals surface area contributed by atoms with Gasteiger partial charge in [-0.15, -0.1) is 0 Å². The smallest absolute Gasteiger partial charge is 0.341 e. The van der Waals surface area contributed by atoms with Crippen LogP contribution >= 0.6 is 22.9 Å². The molecule has 0 fully saturated rings. The number of methoxy groups -OCH3 is 1. The molecular formula is C26H23ClN2O7S. The van der Waals surface area contributed by atoms with Gasteiger partial charge in [0, 0.05) is 5.02 Å². The molecule has 2 heterocycles. The highest BCUT2D eigenvalue weighted by Crippen LogP contribution is 2.31. The topological polar surface area (TPSA) is 116 Å². The molecular weight excluding hydrogens is 520 g/mol. The number of fused-ring (bicyclic) bond motifs is 1. The monoisotopic (exact) mass is 542 g/mol. The van der Waals surface area contributed by atoms with Gasteiger partial charge in [0.15, 0.2) is 22.9 Å². The van der Waals surface area contributed by atoms with Gasteiger partial charge in [0.1, 0.15) is 0 Å². The molecule has 0 saturated carbocycles. The van der Waals surface area contributed by atoms with E-state index >= 15 is 0 Å². The maximum atomic E-state index is 13.7. The summed E-state index contributed by atoms with van der Waals surface area (Å²) in [5.74, 6) is -1.07. The van der Waals surface area contributed by atoms with Gasteiger partial charge in [-0.05, 0) is 55.3 Å². The number of ether oxygens (including phenoxy) is 3. The van der Waals surface area contributed by atoms with Crippen LogP contribution in [-0.2, 0) is 14.3 Å². The van der Waals surface area contributed by atoms with Crippen LogP contribution in [-0.4, -0.2) is 41.9 Å². The maximum Gasteiger partial charge on any atom is 0.341 e. The van der Waals surface area contributed by atoms with Crippen LogP contribution in [0.1, 0.15) is 31.0 Å². The predicted octanol–water partition coefficient (Wildman–Crippen LogP) is 2.92. The number of rotatable bonds is 8. The number of benzene rings is 2. The molecule has 3 aromatic rings. The van der Waals surface area contributed by atoms with E-state index in [1.54, 1.807) is 62.4 Å². The van der Waals surface area contributed by atoms with Crippen molar-refractivity contribution in [2.45, 2.75) is 19.9 Å². The van der Waals surface area contributed by atoms with Gasteiger partial charge in [0.25, 0.3) is 5.56 Å². The summed E-state index contributed by atoms with van der Waals surface area (Å²) in [4.78, 5) is 42.4. The largest absolute Gasteiger partial charge is 0.493 e. The minimum atomic E-state index is -1.11. The van der Waals surface area contributed by atoms with Crippen LogP contribution in [0.2, 0.25) is 5.02 Å². The van der Waals surface area contributed by atoms with Gasteiger partial charge in [0.2, 0.25) is 0 Å². The summed E-state index contributed by atoms with van der Waals surface area (Å²) in [6.07, 6.45) is 1.68. The quantitative estimate of drug-likeness (QED) is 0.435. The van der Waals surface area contributed by atoms with Crippen molar-refractivity contribution in [2.24, 2.45) is 4.99 Å². The summed E-state index contributed by atoms with van der Waals surface area (Å²) in [5, 5.41) is 9.39. The number of esters is 1. The highest BCUT2D eigenvalue weighted by Gasteiger charge is 2.33. The fourth-order valence-corrected chi connectivity index (χ4v) is 5.11. The van der Waals surface area contributed by atoms with Gasteiger partial charge < -0.3 is 19.3 Å². The lowest BCUT2D eigenvalue weighted by atomic mass is 9.96. The highest BCUT2D eigenvalue weighted by atomic mass is 35.5. The van der Waals surface area contributed by atoms with Gasteiger partial charge in [-0.2, -0.15) is 0 Å². The number of carboxylic acids is 1. The zero-order valence-electron chi connectivity index (χ0n) is 20.2. The SMILES string of the molecule is CCOC(=O)C1=C(C)N=c2sc(=Cc3ccc(OCC(=O)O)c(OC)c3)c(=O)n2[C@H]1c1ccc(Cl)cc1. The van der Waals surface area contributed by atoms with Crippen molar-refractivity contribution in [1.29, 1.82) is 0 Å². The molecule has 192 valence electrons. The van der Waals surface area contributed by atoms with E-state index in [-0.39, 0.29) is 23.5 Å². The second kappa shape index (κ2) is 11.0. The first-order valence-corrected chi connectivity index (χ1v) is 12.4. The lowest BCUT2D eigenvalue weighted by Crippen LogP contribution is -2.39. The molecule has 1 aromatic heterocycles. The van der Waals surface area contributed by atoms with Crippen LogP contribution in [0.3, 0.4) is 0 Å². The number of aromatic nitrogens is 1. The molecule has 0 spiro atoms. The Labute approximate surface area is 220 Å². The Morgan fingerprint density at radius 3 is 2.57 bits per heavy atom. The Kier molecular flexibility index (Phi) is 7.80. The number of thiazole rings is 1. The van der Waals surface area contributed by atoms with Gasteiger partial charge in [-0.1, -0.05) is 41.1 Å². The predicted molar refractivity (Wildman–Crippen MR) is 138 cm³/mol. The fourth-order valence-electron chi connectivity index (χ4n) is 3.94. The molecule has 4 rings (SSSR count). The van der Waals surface area contributed by atoms with Gasteiger partial charge in [-0.3, -0.25) is 9.36 Å². The summed E-state index contributed by atoms with van der Waals surface area (Å²) in [5.41, 5.74) is 1.74. The maximum absolute atomic E-state index is 13.7. The van der Waals surface area contributed by atoms with Crippen molar-refractivity contribution in [2.75, 3.05) is 20.3 Å². The number of allylic oxidation sites excluding steroid dienone is 1. The van der Waals surface area contributed by atoms with Crippen LogP contribution < -0.4 is 24.4 Å². The van der Waals surface area contributed by atoms with E-state index in [4.69, 9.17) is 30.9 Å². The van der Waals surface area contributed by atoms with E-state index in [9.17, 15) is 14.4 Å². The fraction of sp³-hybridized carbons (Fsp3) is 0.231. The Morgan fingerprint density at radius 1 is 1.19 bits per heavy atom. The third-order valence-electron chi connectivity index (χ3n) is 5.54. The van der Waals surface area contributed by atoms with Crippen LogP contribution in [0.25, 0.3) is 6.08 Å². The standard InChI is InChI=1S/C26H23ClN2O7S/c1-4-35-25(33)22-14(2)28-26-29(23(22)16-6-8-17(27)9-7-16)24(32)20(37-26)12-15-5-10-18(19(11-15)34-3)36-13-21(30)31/h5-12,23H,4,13H2,1-3H3,(H,30,31)/t23-/m0/s1. The molecule has 9 nitrogen and oxygen atoms in total. The minimum absolute atomic E-state index is 0.182. The Morgan fingerprint density at radius 2 is 1.92 bits per heavy atom. The van der Waals surface area contributed by atoms with E-state index in [1.807, 2.05) is 0 Å². The number of nitrogens with zero attached hydrogens (tertiary/aromatic N) is 2. The number of carbonyl (C=O) groups excluding carboxylic acids is 1. The average molecular weight is 543 g/mol. The highest BCUT2D eigenvalue weighted by molar-refractivity contribution is 7.07. The zero-order valence-corrected chi connectivity index (χ0v) is 21.8. The number of halogens is 1. The second-order valence-corrected chi connectivity index (χ2v) is 9.39. The zero-order chi connectivity index (χ0) is 26.7. The van der Waals surface area contributed by atoms with Crippen LogP contribution in [0.5, 0.6) is 11.5 Å². The lowest BCUT2D eigenvalue weighted by Gasteiger charge is -2.24. The van der Waals surface area contributed by atoms with Crippen molar-refractivity contribution < 1.29 is 28.9 Å². The Hall–Kier alpha value is -3.89.